The van der Waals surface area contributed by atoms with Crippen molar-refractivity contribution in [1.29, 1.82) is 0 Å². The maximum Gasteiger partial charge on any atom is 0.319 e. The standard InChI is InChI=1S/C20H28N6O4/c1-24-14-15(18(23-24)30-3)19(27)26-12-10-25(11-13-26)9-8-21-20(28)22-16-6-4-5-7-17(16)29-2/h4-7,14H,8-13H2,1-3H3,(H2,21,22,28). The van der Waals surface area contributed by atoms with E-state index in [2.05, 4.69) is 20.6 Å². The SMILES string of the molecule is COc1ccccc1NC(=O)NCCN1CCN(C(=O)c2cn(C)nc2OC)CC1. The van der Waals surface area contributed by atoms with Crippen molar-refractivity contribution in [2.75, 3.05) is 58.8 Å². The molecule has 3 amide bonds. The minimum Gasteiger partial charge on any atom is -0.495 e. The molecule has 0 unspecified atom stereocenters. The number of piperazine rings is 1. The summed E-state index contributed by atoms with van der Waals surface area (Å²) in [6.07, 6.45) is 1.68. The molecule has 2 heterocycles. The molecule has 1 saturated heterocycles. The predicted octanol–water partition coefficient (Wildman–Crippen LogP) is 1.02. The first-order chi connectivity index (χ1) is 14.5. The number of carbonyl (C=O) groups excluding carboxylic acids is 2. The number of nitrogens with one attached hydrogen (secondary N) is 2. The number of aromatic nitrogens is 2. The number of benzene rings is 1. The summed E-state index contributed by atoms with van der Waals surface area (Å²) >= 11 is 0. The topological polar surface area (TPSA) is 101 Å². The molecule has 0 spiro atoms. The lowest BCUT2D eigenvalue weighted by Gasteiger charge is -2.34. The first-order valence-electron chi connectivity index (χ1n) is 9.79. The molecular formula is C20H28N6O4. The third-order valence-corrected chi connectivity index (χ3v) is 4.95. The molecule has 10 heteroatoms. The minimum atomic E-state index is -0.281. The highest BCUT2D eigenvalue weighted by Gasteiger charge is 2.26. The van der Waals surface area contributed by atoms with E-state index >= 15 is 0 Å². The quantitative estimate of drug-likeness (QED) is 0.699. The van der Waals surface area contributed by atoms with Gasteiger partial charge in [-0.1, -0.05) is 12.1 Å². The number of urea groups is 1. The average molecular weight is 416 g/mol. The number of hydrogen-bond donors (Lipinski definition) is 2. The smallest absolute Gasteiger partial charge is 0.319 e. The van der Waals surface area contributed by atoms with Crippen LogP contribution in [-0.4, -0.2) is 85.0 Å². The summed E-state index contributed by atoms with van der Waals surface area (Å²) in [7, 11) is 4.83. The number of amides is 3. The zero-order valence-electron chi connectivity index (χ0n) is 17.6. The number of anilines is 1. The molecule has 0 aliphatic carbocycles. The lowest BCUT2D eigenvalue weighted by atomic mass is 10.2. The summed E-state index contributed by atoms with van der Waals surface area (Å²) in [5, 5.41) is 9.78. The number of methoxy groups -OCH3 is 2. The third-order valence-electron chi connectivity index (χ3n) is 4.95. The molecule has 0 saturated carbocycles. The van der Waals surface area contributed by atoms with E-state index in [1.165, 1.54) is 7.11 Å². The van der Waals surface area contributed by atoms with Gasteiger partial charge in [-0.15, -0.1) is 5.10 Å². The van der Waals surface area contributed by atoms with Crippen molar-refractivity contribution < 1.29 is 19.1 Å². The summed E-state index contributed by atoms with van der Waals surface area (Å²) in [5.74, 6) is 0.878. The Kier molecular flexibility index (Phi) is 7.12. The maximum atomic E-state index is 12.7. The molecule has 0 radical (unpaired) electrons. The van der Waals surface area contributed by atoms with Gasteiger partial charge in [0.05, 0.1) is 19.9 Å². The van der Waals surface area contributed by atoms with Gasteiger partial charge in [-0.3, -0.25) is 14.4 Å². The summed E-state index contributed by atoms with van der Waals surface area (Å²) in [4.78, 5) is 28.9. The Morgan fingerprint density at radius 1 is 1.10 bits per heavy atom. The summed E-state index contributed by atoms with van der Waals surface area (Å²) < 4.78 is 12.0. The second-order valence-corrected chi connectivity index (χ2v) is 6.94. The van der Waals surface area contributed by atoms with Crippen LogP contribution in [0.4, 0.5) is 10.5 Å². The Morgan fingerprint density at radius 3 is 2.53 bits per heavy atom. The highest BCUT2D eigenvalue weighted by atomic mass is 16.5. The number of hydrogen-bond acceptors (Lipinski definition) is 6. The molecule has 0 atom stereocenters. The molecular weight excluding hydrogens is 388 g/mol. The van der Waals surface area contributed by atoms with Crippen molar-refractivity contribution in [3.8, 4) is 11.6 Å². The molecule has 1 aliphatic rings. The fraction of sp³-hybridized carbons (Fsp3) is 0.450. The van der Waals surface area contributed by atoms with Crippen molar-refractivity contribution >= 4 is 17.6 Å². The van der Waals surface area contributed by atoms with Crippen LogP contribution < -0.4 is 20.1 Å². The van der Waals surface area contributed by atoms with Crippen LogP contribution >= 0.6 is 0 Å². The van der Waals surface area contributed by atoms with Gasteiger partial charge in [-0.2, -0.15) is 0 Å². The highest BCUT2D eigenvalue weighted by molar-refractivity contribution is 5.96. The van der Waals surface area contributed by atoms with E-state index in [-0.39, 0.29) is 11.9 Å². The van der Waals surface area contributed by atoms with E-state index in [9.17, 15) is 9.59 Å². The molecule has 1 aromatic heterocycles. The first-order valence-corrected chi connectivity index (χ1v) is 9.79. The molecule has 3 rings (SSSR count). The van der Waals surface area contributed by atoms with Crippen molar-refractivity contribution in [3.05, 3.63) is 36.0 Å². The lowest BCUT2D eigenvalue weighted by Crippen LogP contribution is -2.50. The van der Waals surface area contributed by atoms with Crippen LogP contribution in [-0.2, 0) is 7.05 Å². The Morgan fingerprint density at radius 2 is 1.83 bits per heavy atom. The number of nitrogens with zero attached hydrogens (tertiary/aromatic N) is 4. The predicted molar refractivity (Wildman–Crippen MR) is 112 cm³/mol. The molecule has 1 aliphatic heterocycles. The monoisotopic (exact) mass is 416 g/mol. The Hall–Kier alpha value is -3.27. The van der Waals surface area contributed by atoms with Gasteiger partial charge in [0.25, 0.3) is 5.91 Å². The molecule has 162 valence electrons. The zero-order valence-corrected chi connectivity index (χ0v) is 17.6. The van der Waals surface area contributed by atoms with Gasteiger partial charge in [0, 0.05) is 52.5 Å². The number of ether oxygens (including phenoxy) is 2. The number of carbonyl (C=O) groups is 2. The van der Waals surface area contributed by atoms with Crippen LogP contribution in [0.5, 0.6) is 11.6 Å². The number of aryl methyl sites for hydroxylation is 1. The van der Waals surface area contributed by atoms with Gasteiger partial charge in [-0.05, 0) is 12.1 Å². The van der Waals surface area contributed by atoms with Gasteiger partial charge in [0.15, 0.2) is 0 Å². The summed E-state index contributed by atoms with van der Waals surface area (Å²) in [5.41, 5.74) is 1.10. The second-order valence-electron chi connectivity index (χ2n) is 6.94. The largest absolute Gasteiger partial charge is 0.495 e. The Balaban J connectivity index is 1.40. The van der Waals surface area contributed by atoms with E-state index in [1.54, 1.807) is 42.1 Å². The van der Waals surface area contributed by atoms with Gasteiger partial charge in [-0.25, -0.2) is 4.79 Å². The van der Waals surface area contributed by atoms with Crippen LogP contribution in [0.3, 0.4) is 0 Å². The molecule has 2 aromatic rings. The van der Waals surface area contributed by atoms with Gasteiger partial charge in [0.1, 0.15) is 11.3 Å². The van der Waals surface area contributed by atoms with E-state index in [0.717, 1.165) is 13.1 Å². The Labute approximate surface area is 175 Å². The van der Waals surface area contributed by atoms with E-state index in [4.69, 9.17) is 9.47 Å². The van der Waals surface area contributed by atoms with Crippen molar-refractivity contribution in [2.45, 2.75) is 0 Å². The third kappa shape index (κ3) is 5.20. The summed E-state index contributed by atoms with van der Waals surface area (Å²) in [6, 6.07) is 6.97. The van der Waals surface area contributed by atoms with Crippen molar-refractivity contribution in [3.63, 3.8) is 0 Å². The van der Waals surface area contributed by atoms with Crippen LogP contribution in [0, 0.1) is 0 Å². The fourth-order valence-electron chi connectivity index (χ4n) is 3.35. The van der Waals surface area contributed by atoms with Gasteiger partial charge >= 0.3 is 6.03 Å². The van der Waals surface area contributed by atoms with E-state index in [0.29, 0.717) is 49.1 Å². The lowest BCUT2D eigenvalue weighted by molar-refractivity contribution is 0.0636. The van der Waals surface area contributed by atoms with E-state index in [1.807, 2.05) is 12.1 Å². The zero-order chi connectivity index (χ0) is 21.5. The molecule has 1 fully saturated rings. The maximum absolute atomic E-state index is 12.7. The normalized spacial score (nSPS) is 14.3. The van der Waals surface area contributed by atoms with Gasteiger partial charge in [0.2, 0.25) is 5.88 Å². The van der Waals surface area contributed by atoms with Crippen LogP contribution in [0.1, 0.15) is 10.4 Å². The van der Waals surface area contributed by atoms with Crippen molar-refractivity contribution in [2.24, 2.45) is 7.05 Å². The molecule has 2 N–H and O–H groups in total. The number of para-hydroxylation sites is 2. The second kappa shape index (κ2) is 9.97. The molecule has 0 bridgehead atoms. The highest BCUT2D eigenvalue weighted by Crippen LogP contribution is 2.22. The van der Waals surface area contributed by atoms with Crippen LogP contribution in [0.15, 0.2) is 30.5 Å². The first kappa shape index (κ1) is 21.4. The average Bonchev–Trinajstić information content (AvgIpc) is 3.15. The van der Waals surface area contributed by atoms with Crippen LogP contribution in [0.25, 0.3) is 0 Å². The van der Waals surface area contributed by atoms with Crippen molar-refractivity contribution in [1.82, 2.24) is 24.9 Å². The minimum absolute atomic E-state index is 0.0751. The van der Waals surface area contributed by atoms with Gasteiger partial charge < -0.3 is 25.0 Å². The fourth-order valence-corrected chi connectivity index (χ4v) is 3.35. The number of rotatable bonds is 7. The van der Waals surface area contributed by atoms with E-state index < -0.39 is 0 Å². The Bertz CT molecular complexity index is 876. The molecule has 1 aromatic carbocycles. The molecule has 30 heavy (non-hydrogen) atoms. The van der Waals surface area contributed by atoms with Crippen LogP contribution in [0.2, 0.25) is 0 Å². The molecule has 10 nitrogen and oxygen atoms in total. The summed E-state index contributed by atoms with van der Waals surface area (Å²) in [6.45, 7) is 3.92.